The molecule has 2 atom stereocenters. The molecule has 1 aliphatic rings. The zero-order valence-corrected chi connectivity index (χ0v) is 11.6. The Labute approximate surface area is 113 Å². The molecule has 1 fully saturated rings. The second-order valence-corrected chi connectivity index (χ2v) is 4.57. The van der Waals surface area contributed by atoms with E-state index in [0.717, 1.165) is 29.7 Å². The van der Waals surface area contributed by atoms with Crippen LogP contribution >= 0.6 is 0 Å². The van der Waals surface area contributed by atoms with Crippen LogP contribution in [0, 0.1) is 0 Å². The molecule has 19 heavy (non-hydrogen) atoms. The first-order chi connectivity index (χ1) is 9.21. The minimum atomic E-state index is -0.440. The lowest BCUT2D eigenvalue weighted by atomic mass is 10.0. The Balaban J connectivity index is 2.03. The Morgan fingerprint density at radius 2 is 2.16 bits per heavy atom. The second-order valence-electron chi connectivity index (χ2n) is 4.57. The van der Waals surface area contributed by atoms with E-state index in [9.17, 15) is 4.79 Å². The lowest BCUT2D eigenvalue weighted by Gasteiger charge is -2.08. The van der Waals surface area contributed by atoms with E-state index in [0.29, 0.717) is 6.61 Å². The SMILES string of the molecule is CCCOC(=O)C1OC1c1ccc(OC)c(CC)c1. The quantitative estimate of drug-likeness (QED) is 0.585. The van der Waals surface area contributed by atoms with Crippen LogP contribution in [0.5, 0.6) is 5.75 Å². The van der Waals surface area contributed by atoms with Crippen LogP contribution in [0.4, 0.5) is 0 Å². The molecule has 4 nitrogen and oxygen atoms in total. The summed E-state index contributed by atoms with van der Waals surface area (Å²) in [6.45, 7) is 4.49. The number of methoxy groups -OCH3 is 1. The van der Waals surface area contributed by atoms with Gasteiger partial charge in [0.05, 0.1) is 13.7 Å². The molecule has 0 spiro atoms. The number of carbonyl (C=O) groups is 1. The molecule has 4 heteroatoms. The molecule has 1 heterocycles. The normalized spacial score (nSPS) is 21.0. The minimum absolute atomic E-state index is 0.166. The van der Waals surface area contributed by atoms with Crippen molar-refractivity contribution in [1.29, 1.82) is 0 Å². The zero-order chi connectivity index (χ0) is 13.8. The lowest BCUT2D eigenvalue weighted by Crippen LogP contribution is -2.12. The molecule has 0 aromatic heterocycles. The highest BCUT2D eigenvalue weighted by Crippen LogP contribution is 2.40. The topological polar surface area (TPSA) is 48.1 Å². The minimum Gasteiger partial charge on any atom is -0.496 e. The van der Waals surface area contributed by atoms with Gasteiger partial charge in [-0.2, -0.15) is 0 Å². The first kappa shape index (κ1) is 13.9. The Kier molecular flexibility index (Phi) is 4.43. The molecule has 0 bridgehead atoms. The van der Waals surface area contributed by atoms with Crippen LogP contribution in [0.3, 0.4) is 0 Å². The number of ether oxygens (including phenoxy) is 3. The standard InChI is InChI=1S/C15H20O4/c1-4-8-18-15(16)14-13(19-14)11-6-7-12(17-3)10(5-2)9-11/h6-7,9,13-14H,4-5,8H2,1-3H3. The number of hydrogen-bond acceptors (Lipinski definition) is 4. The molecule has 0 amide bonds. The van der Waals surface area contributed by atoms with Crippen LogP contribution < -0.4 is 4.74 Å². The van der Waals surface area contributed by atoms with Gasteiger partial charge in [-0.1, -0.05) is 19.9 Å². The number of esters is 1. The van der Waals surface area contributed by atoms with Gasteiger partial charge in [-0.05, 0) is 36.1 Å². The van der Waals surface area contributed by atoms with Crippen molar-refractivity contribution >= 4 is 5.97 Å². The molecule has 0 aliphatic carbocycles. The van der Waals surface area contributed by atoms with E-state index >= 15 is 0 Å². The summed E-state index contributed by atoms with van der Waals surface area (Å²) in [6.07, 6.45) is 1.10. The fourth-order valence-electron chi connectivity index (χ4n) is 2.08. The Bertz CT molecular complexity index is 455. The van der Waals surface area contributed by atoms with E-state index in [2.05, 4.69) is 6.92 Å². The van der Waals surface area contributed by atoms with Gasteiger partial charge in [-0.15, -0.1) is 0 Å². The van der Waals surface area contributed by atoms with Crippen LogP contribution in [0.1, 0.15) is 37.5 Å². The Morgan fingerprint density at radius 3 is 2.79 bits per heavy atom. The van der Waals surface area contributed by atoms with E-state index in [1.807, 2.05) is 25.1 Å². The lowest BCUT2D eigenvalue weighted by molar-refractivity contribution is -0.145. The number of benzene rings is 1. The summed E-state index contributed by atoms with van der Waals surface area (Å²) in [5.74, 6) is 0.609. The first-order valence-electron chi connectivity index (χ1n) is 6.70. The number of carbonyl (C=O) groups excluding carboxylic acids is 1. The summed E-state index contributed by atoms with van der Waals surface area (Å²) in [5, 5.41) is 0. The third-order valence-electron chi connectivity index (χ3n) is 3.19. The number of epoxide rings is 1. The van der Waals surface area contributed by atoms with Crippen molar-refractivity contribution < 1.29 is 19.0 Å². The van der Waals surface area contributed by atoms with Crippen molar-refractivity contribution in [1.82, 2.24) is 0 Å². The van der Waals surface area contributed by atoms with Crippen molar-refractivity contribution in [3.63, 3.8) is 0 Å². The largest absolute Gasteiger partial charge is 0.496 e. The molecule has 1 aromatic carbocycles. The maximum absolute atomic E-state index is 11.7. The molecule has 0 saturated carbocycles. The van der Waals surface area contributed by atoms with Crippen molar-refractivity contribution in [2.45, 2.75) is 38.9 Å². The second kappa shape index (κ2) is 6.06. The Hall–Kier alpha value is -1.55. The number of aryl methyl sites for hydroxylation is 1. The zero-order valence-electron chi connectivity index (χ0n) is 11.6. The monoisotopic (exact) mass is 264 g/mol. The molecule has 0 radical (unpaired) electrons. The molecular formula is C15H20O4. The van der Waals surface area contributed by atoms with Crippen LogP contribution in [0.2, 0.25) is 0 Å². The first-order valence-corrected chi connectivity index (χ1v) is 6.70. The summed E-state index contributed by atoms with van der Waals surface area (Å²) in [7, 11) is 1.66. The van der Waals surface area contributed by atoms with E-state index in [4.69, 9.17) is 14.2 Å². The van der Waals surface area contributed by atoms with Crippen molar-refractivity contribution in [2.75, 3.05) is 13.7 Å². The van der Waals surface area contributed by atoms with Gasteiger partial charge in [0.2, 0.25) is 0 Å². The van der Waals surface area contributed by atoms with Gasteiger partial charge >= 0.3 is 5.97 Å². The molecule has 2 rings (SSSR count). The molecule has 104 valence electrons. The smallest absolute Gasteiger partial charge is 0.338 e. The molecule has 0 N–H and O–H groups in total. The summed E-state index contributed by atoms with van der Waals surface area (Å²) < 4.78 is 15.8. The third kappa shape index (κ3) is 3.07. The average molecular weight is 264 g/mol. The number of hydrogen-bond donors (Lipinski definition) is 0. The summed E-state index contributed by atoms with van der Waals surface area (Å²) in [6, 6.07) is 5.90. The van der Waals surface area contributed by atoms with Crippen LogP contribution in [0.15, 0.2) is 18.2 Å². The Morgan fingerprint density at radius 1 is 1.37 bits per heavy atom. The van der Waals surface area contributed by atoms with Gasteiger partial charge in [0.15, 0.2) is 6.10 Å². The fourth-order valence-corrected chi connectivity index (χ4v) is 2.08. The fraction of sp³-hybridized carbons (Fsp3) is 0.533. The van der Waals surface area contributed by atoms with Crippen LogP contribution in [0.25, 0.3) is 0 Å². The van der Waals surface area contributed by atoms with Gasteiger partial charge in [-0.3, -0.25) is 0 Å². The molecule has 1 aliphatic heterocycles. The highest BCUT2D eigenvalue weighted by Gasteiger charge is 2.47. The van der Waals surface area contributed by atoms with Crippen LogP contribution in [-0.2, 0) is 20.7 Å². The van der Waals surface area contributed by atoms with Crippen molar-refractivity contribution in [2.24, 2.45) is 0 Å². The molecular weight excluding hydrogens is 244 g/mol. The van der Waals surface area contributed by atoms with Crippen molar-refractivity contribution in [3.05, 3.63) is 29.3 Å². The maximum Gasteiger partial charge on any atom is 0.338 e. The van der Waals surface area contributed by atoms with Crippen molar-refractivity contribution in [3.8, 4) is 5.75 Å². The van der Waals surface area contributed by atoms with Gasteiger partial charge in [0, 0.05) is 0 Å². The van der Waals surface area contributed by atoms with E-state index in [-0.39, 0.29) is 12.1 Å². The summed E-state index contributed by atoms with van der Waals surface area (Å²) in [5.41, 5.74) is 2.13. The maximum atomic E-state index is 11.7. The van der Waals surface area contributed by atoms with Gasteiger partial charge in [0.25, 0.3) is 0 Å². The van der Waals surface area contributed by atoms with Gasteiger partial charge in [0.1, 0.15) is 11.9 Å². The molecule has 1 aromatic rings. The average Bonchev–Trinajstić information content (AvgIpc) is 3.24. The van der Waals surface area contributed by atoms with E-state index in [1.54, 1.807) is 7.11 Å². The number of rotatable bonds is 6. The van der Waals surface area contributed by atoms with E-state index in [1.165, 1.54) is 0 Å². The molecule has 2 unspecified atom stereocenters. The predicted molar refractivity (Wildman–Crippen MR) is 71.2 cm³/mol. The molecule has 1 saturated heterocycles. The summed E-state index contributed by atoms with van der Waals surface area (Å²) >= 11 is 0. The highest BCUT2D eigenvalue weighted by atomic mass is 16.6. The van der Waals surface area contributed by atoms with Gasteiger partial charge in [-0.25, -0.2) is 4.79 Å². The highest BCUT2D eigenvalue weighted by molar-refractivity contribution is 5.78. The predicted octanol–water partition coefficient (Wildman–Crippen LogP) is 2.65. The van der Waals surface area contributed by atoms with E-state index < -0.39 is 6.10 Å². The summed E-state index contributed by atoms with van der Waals surface area (Å²) in [4.78, 5) is 11.7. The third-order valence-corrected chi connectivity index (χ3v) is 3.19. The van der Waals surface area contributed by atoms with Gasteiger partial charge < -0.3 is 14.2 Å². The van der Waals surface area contributed by atoms with Crippen LogP contribution in [-0.4, -0.2) is 25.8 Å².